The van der Waals surface area contributed by atoms with E-state index in [1.807, 2.05) is 0 Å². The van der Waals surface area contributed by atoms with Crippen LogP contribution in [0.4, 0.5) is 0 Å². The van der Waals surface area contributed by atoms with Gasteiger partial charge in [0.15, 0.2) is 0 Å². The minimum absolute atomic E-state index is 0.114. The fraction of sp³-hybridized carbons (Fsp3) is 0.154. The van der Waals surface area contributed by atoms with Crippen LogP contribution in [0.3, 0.4) is 0 Å². The summed E-state index contributed by atoms with van der Waals surface area (Å²) in [5, 5.41) is 8.73. The third-order valence-corrected chi connectivity index (χ3v) is 2.85. The van der Waals surface area contributed by atoms with Crippen LogP contribution in [0.5, 0.6) is 5.75 Å². The number of ketones is 1. The highest BCUT2D eigenvalue weighted by Crippen LogP contribution is 2.29. The zero-order chi connectivity index (χ0) is 14.9. The molecule has 1 heterocycles. The molecule has 0 amide bonds. The molecule has 2 rings (SSSR count). The second-order valence-corrected chi connectivity index (χ2v) is 4.27. The summed E-state index contributed by atoms with van der Waals surface area (Å²) in [5.74, 6) is -2.02. The molecule has 2 aromatic rings. The van der Waals surface area contributed by atoms with E-state index in [2.05, 4.69) is 4.98 Å². The lowest BCUT2D eigenvalue weighted by atomic mass is 10.1. The first-order chi connectivity index (χ1) is 9.45. The van der Waals surface area contributed by atoms with E-state index in [4.69, 9.17) is 16.3 Å². The first-order valence-electron chi connectivity index (χ1n) is 5.71. The number of carbonyl (C=O) groups is 3. The van der Waals surface area contributed by atoms with Crippen LogP contribution in [0.1, 0.15) is 27.8 Å². The number of halogens is 1. The Labute approximate surface area is 118 Å². The first kappa shape index (κ1) is 14.1. The largest absolute Gasteiger partial charge is 0.507 e. The van der Waals surface area contributed by atoms with Crippen molar-refractivity contribution < 1.29 is 24.2 Å². The van der Waals surface area contributed by atoms with Gasteiger partial charge in [-0.3, -0.25) is 9.59 Å². The Morgan fingerprint density at radius 2 is 2.05 bits per heavy atom. The number of aromatic nitrogens is 1. The molecule has 0 atom stereocenters. The number of hydrogen-bond acceptors (Lipinski definition) is 5. The number of aromatic amines is 1. The summed E-state index contributed by atoms with van der Waals surface area (Å²) < 4.78 is 4.82. The number of rotatable bonds is 4. The highest BCUT2D eigenvalue weighted by Gasteiger charge is 2.23. The minimum Gasteiger partial charge on any atom is -0.507 e. The van der Waals surface area contributed by atoms with Crippen molar-refractivity contribution >= 4 is 39.5 Å². The van der Waals surface area contributed by atoms with Crippen molar-refractivity contribution in [2.24, 2.45) is 0 Å². The van der Waals surface area contributed by atoms with Crippen molar-refractivity contribution in [2.45, 2.75) is 6.92 Å². The molecule has 0 spiro atoms. The summed E-state index contributed by atoms with van der Waals surface area (Å²) >= 11 is 5.15. The van der Waals surface area contributed by atoms with E-state index in [0.29, 0.717) is 5.52 Å². The fourth-order valence-electron chi connectivity index (χ4n) is 1.85. The molecular weight excluding hydrogens is 286 g/mol. The fourth-order valence-corrected chi connectivity index (χ4v) is 1.94. The van der Waals surface area contributed by atoms with E-state index in [0.717, 1.165) is 0 Å². The Balaban J connectivity index is 2.63. The number of benzene rings is 1. The topological polar surface area (TPSA) is 96.5 Å². The third-order valence-electron chi connectivity index (χ3n) is 2.68. The van der Waals surface area contributed by atoms with E-state index in [9.17, 15) is 19.5 Å². The molecule has 0 aliphatic heterocycles. The number of ether oxygens (including phenoxy) is 1. The summed E-state index contributed by atoms with van der Waals surface area (Å²) in [5.41, 5.74) is 0.282. The summed E-state index contributed by atoms with van der Waals surface area (Å²) in [6, 6.07) is 4.05. The van der Waals surface area contributed by atoms with Gasteiger partial charge in [-0.1, -0.05) is 0 Å². The molecule has 0 aliphatic carbocycles. The maximum Gasteiger partial charge on any atom is 0.354 e. The number of aromatic hydroxyl groups is 1. The molecule has 0 bridgehead atoms. The number of nitrogens with one attached hydrogen (secondary N) is 1. The number of Topliss-reactive ketones (excluding diaryl/α,β-unsaturated/α-hetero) is 1. The van der Waals surface area contributed by atoms with Crippen molar-refractivity contribution in [3.05, 3.63) is 29.5 Å². The molecule has 1 aromatic heterocycles. The van der Waals surface area contributed by atoms with Gasteiger partial charge < -0.3 is 14.8 Å². The lowest BCUT2D eigenvalue weighted by Crippen LogP contribution is -2.08. The Morgan fingerprint density at radius 1 is 1.35 bits per heavy atom. The van der Waals surface area contributed by atoms with Gasteiger partial charge in [0.25, 0.3) is 5.24 Å². The van der Waals surface area contributed by atoms with E-state index < -0.39 is 17.0 Å². The maximum atomic E-state index is 11.7. The van der Waals surface area contributed by atoms with Gasteiger partial charge in [-0.25, -0.2) is 4.79 Å². The molecule has 6 nitrogen and oxygen atoms in total. The number of phenolic OH excluding ortho intramolecular Hbond substituents is 1. The molecule has 0 saturated carbocycles. The number of phenols is 1. The lowest BCUT2D eigenvalue weighted by Gasteiger charge is -2.01. The van der Waals surface area contributed by atoms with Crippen molar-refractivity contribution in [1.29, 1.82) is 0 Å². The van der Waals surface area contributed by atoms with E-state index >= 15 is 0 Å². The molecule has 0 unspecified atom stereocenters. The molecule has 0 aliphatic rings. The number of carbonyl (C=O) groups excluding carboxylic acids is 3. The highest BCUT2D eigenvalue weighted by molar-refractivity contribution is 6.83. The zero-order valence-electron chi connectivity index (χ0n) is 10.4. The minimum atomic E-state index is -1.22. The zero-order valence-corrected chi connectivity index (χ0v) is 11.2. The molecule has 0 radical (unpaired) electrons. The normalized spacial score (nSPS) is 10.5. The SMILES string of the molecule is CCOC(=O)c1cc2c(C(=O)C(=O)Cl)c(O)ccc2[nH]1. The Hall–Kier alpha value is -2.34. The second kappa shape index (κ2) is 5.34. The van der Waals surface area contributed by atoms with Gasteiger partial charge in [-0.15, -0.1) is 0 Å². The summed E-state index contributed by atoms with van der Waals surface area (Å²) in [6.07, 6.45) is 0. The third kappa shape index (κ3) is 2.37. The molecule has 20 heavy (non-hydrogen) atoms. The van der Waals surface area contributed by atoms with Gasteiger partial charge in [0.05, 0.1) is 12.2 Å². The molecule has 0 saturated heterocycles. The average Bonchev–Trinajstić information content (AvgIpc) is 2.82. The summed E-state index contributed by atoms with van der Waals surface area (Å²) in [7, 11) is 0. The predicted molar refractivity (Wildman–Crippen MR) is 71.1 cm³/mol. The molecule has 104 valence electrons. The molecule has 1 aromatic carbocycles. The van der Waals surface area contributed by atoms with E-state index in [1.165, 1.54) is 18.2 Å². The Bertz CT molecular complexity index is 719. The van der Waals surface area contributed by atoms with Crippen LogP contribution in [-0.4, -0.2) is 33.7 Å². The predicted octanol–water partition coefficient (Wildman–Crippen LogP) is 2.00. The lowest BCUT2D eigenvalue weighted by molar-refractivity contribution is -0.108. The van der Waals surface area contributed by atoms with Crippen LogP contribution in [-0.2, 0) is 9.53 Å². The number of esters is 1. The van der Waals surface area contributed by atoms with Crippen molar-refractivity contribution in [3.8, 4) is 5.75 Å². The molecule has 0 fully saturated rings. The van der Waals surface area contributed by atoms with Gasteiger partial charge in [0, 0.05) is 10.9 Å². The number of H-pyrrole nitrogens is 1. The van der Waals surface area contributed by atoms with Gasteiger partial charge in [-0.05, 0) is 36.7 Å². The van der Waals surface area contributed by atoms with Crippen molar-refractivity contribution in [2.75, 3.05) is 6.61 Å². The van der Waals surface area contributed by atoms with Crippen LogP contribution in [0.15, 0.2) is 18.2 Å². The molecular formula is C13H10ClNO5. The van der Waals surface area contributed by atoms with Crippen LogP contribution < -0.4 is 0 Å². The van der Waals surface area contributed by atoms with E-state index in [-0.39, 0.29) is 29.0 Å². The van der Waals surface area contributed by atoms with E-state index in [1.54, 1.807) is 6.92 Å². The standard InChI is InChI=1S/C13H10ClNO5/c1-2-20-13(19)8-5-6-7(15-8)3-4-9(16)10(6)11(17)12(14)18/h3-5,15-16H,2H2,1H3. The number of hydrogen-bond donors (Lipinski definition) is 2. The highest BCUT2D eigenvalue weighted by atomic mass is 35.5. The smallest absolute Gasteiger partial charge is 0.354 e. The van der Waals surface area contributed by atoms with Gasteiger partial charge >= 0.3 is 5.97 Å². The van der Waals surface area contributed by atoms with Crippen molar-refractivity contribution in [1.82, 2.24) is 4.98 Å². The van der Waals surface area contributed by atoms with Crippen LogP contribution in [0.25, 0.3) is 10.9 Å². The monoisotopic (exact) mass is 295 g/mol. The Kier molecular flexibility index (Phi) is 3.76. The van der Waals surface area contributed by atoms with Crippen LogP contribution in [0, 0.1) is 0 Å². The summed E-state index contributed by atoms with van der Waals surface area (Å²) in [4.78, 5) is 37.1. The molecule has 7 heteroatoms. The quantitative estimate of drug-likeness (QED) is 0.389. The van der Waals surface area contributed by atoms with Gasteiger partial charge in [0.1, 0.15) is 11.4 Å². The maximum absolute atomic E-state index is 11.7. The Morgan fingerprint density at radius 3 is 2.65 bits per heavy atom. The first-order valence-corrected chi connectivity index (χ1v) is 6.09. The van der Waals surface area contributed by atoms with Gasteiger partial charge in [-0.2, -0.15) is 0 Å². The average molecular weight is 296 g/mol. The summed E-state index contributed by atoms with van der Waals surface area (Å²) in [6.45, 7) is 1.86. The second-order valence-electron chi connectivity index (χ2n) is 3.93. The molecule has 2 N–H and O–H groups in total. The van der Waals surface area contributed by atoms with Crippen LogP contribution in [0.2, 0.25) is 0 Å². The number of fused-ring (bicyclic) bond motifs is 1. The van der Waals surface area contributed by atoms with Crippen LogP contribution >= 0.6 is 11.6 Å². The van der Waals surface area contributed by atoms with Gasteiger partial charge in [0.2, 0.25) is 5.78 Å². The van der Waals surface area contributed by atoms with Crippen molar-refractivity contribution in [3.63, 3.8) is 0 Å².